The number of rotatable bonds is 4. The summed E-state index contributed by atoms with van der Waals surface area (Å²) in [7, 11) is -3.79. The van der Waals surface area contributed by atoms with Gasteiger partial charge in [0.1, 0.15) is 5.52 Å². The van der Waals surface area contributed by atoms with Gasteiger partial charge in [-0.15, -0.1) is 11.3 Å². The van der Waals surface area contributed by atoms with E-state index in [-0.39, 0.29) is 16.9 Å². The van der Waals surface area contributed by atoms with Crippen molar-refractivity contribution >= 4 is 43.4 Å². The molecule has 5 aromatic rings. The van der Waals surface area contributed by atoms with E-state index in [2.05, 4.69) is 34.7 Å². The summed E-state index contributed by atoms with van der Waals surface area (Å²) in [6.07, 6.45) is 6.72. The molecule has 1 fully saturated rings. The Balaban J connectivity index is 1.59. The zero-order valence-electron chi connectivity index (χ0n) is 19.1. The molecule has 0 aliphatic heterocycles. The Morgan fingerprint density at radius 2 is 1.83 bits per heavy atom. The van der Waals surface area contributed by atoms with E-state index in [1.54, 1.807) is 54.1 Å². The monoisotopic (exact) mass is 501 g/mol. The predicted molar refractivity (Wildman–Crippen MR) is 137 cm³/mol. The lowest BCUT2D eigenvalue weighted by Crippen LogP contribution is -2.18. The van der Waals surface area contributed by atoms with Gasteiger partial charge in [0, 0.05) is 28.4 Å². The van der Waals surface area contributed by atoms with E-state index in [1.807, 2.05) is 6.07 Å². The van der Waals surface area contributed by atoms with Crippen LogP contribution in [0, 0.1) is 24.2 Å². The first kappa shape index (κ1) is 22.0. The Labute approximate surface area is 207 Å². The number of hydrogen-bond acceptors (Lipinski definition) is 6. The van der Waals surface area contributed by atoms with Crippen LogP contribution in [0.1, 0.15) is 36.6 Å². The lowest BCUT2D eigenvalue weighted by Gasteiger charge is -2.28. The van der Waals surface area contributed by atoms with Crippen molar-refractivity contribution in [1.82, 2.24) is 18.5 Å². The van der Waals surface area contributed by atoms with Crippen molar-refractivity contribution in [2.75, 3.05) is 0 Å². The maximum atomic E-state index is 13.4. The fraction of sp³-hybridized carbons (Fsp3) is 0.269. The topological polar surface area (TPSA) is 93.6 Å². The van der Waals surface area contributed by atoms with E-state index in [0.29, 0.717) is 5.65 Å². The average Bonchev–Trinajstić information content (AvgIpc) is 3.60. The van der Waals surface area contributed by atoms with Gasteiger partial charge in [0.05, 0.1) is 27.6 Å². The fourth-order valence-electron chi connectivity index (χ4n) is 5.09. The highest BCUT2D eigenvalue weighted by Gasteiger charge is 2.29. The number of nitriles is 1. The van der Waals surface area contributed by atoms with Gasteiger partial charge in [-0.25, -0.2) is 22.4 Å². The molecule has 1 aliphatic rings. The summed E-state index contributed by atoms with van der Waals surface area (Å²) in [6.45, 7) is 2.08. The van der Waals surface area contributed by atoms with E-state index in [4.69, 9.17) is 4.98 Å². The molecular weight excluding hydrogens is 478 g/mol. The van der Waals surface area contributed by atoms with Crippen molar-refractivity contribution < 1.29 is 8.42 Å². The Kier molecular flexibility index (Phi) is 5.24. The second-order valence-electron chi connectivity index (χ2n) is 9.01. The van der Waals surface area contributed by atoms with Gasteiger partial charge in [-0.2, -0.15) is 5.26 Å². The quantitative estimate of drug-likeness (QED) is 0.305. The molecule has 0 amide bonds. The molecule has 6 rings (SSSR count). The van der Waals surface area contributed by atoms with Crippen LogP contribution in [0.2, 0.25) is 0 Å². The second-order valence-corrected chi connectivity index (χ2v) is 12.1. The lowest BCUT2D eigenvalue weighted by molar-refractivity contribution is 0.320. The van der Waals surface area contributed by atoms with Crippen LogP contribution in [-0.2, 0) is 10.0 Å². The van der Waals surface area contributed by atoms with Gasteiger partial charge in [-0.3, -0.25) is 0 Å². The Morgan fingerprint density at radius 3 is 2.51 bits per heavy atom. The number of aryl methyl sites for hydroxylation is 1. The van der Waals surface area contributed by atoms with Gasteiger partial charge in [-0.1, -0.05) is 18.2 Å². The van der Waals surface area contributed by atoms with Crippen LogP contribution in [-0.4, -0.2) is 26.9 Å². The van der Waals surface area contributed by atoms with Gasteiger partial charge in [0.2, 0.25) is 0 Å². The number of fused-ring (bicyclic) bond motifs is 3. The molecule has 4 heterocycles. The minimum absolute atomic E-state index is 0.0900. The third-order valence-corrected chi connectivity index (χ3v) is 9.51. The summed E-state index contributed by atoms with van der Waals surface area (Å²) in [5.74, 6) is 0.971. The van der Waals surface area contributed by atoms with Crippen LogP contribution >= 0.6 is 11.3 Å². The molecule has 7 nitrogen and oxygen atoms in total. The second kappa shape index (κ2) is 8.33. The molecule has 1 aliphatic carbocycles. The van der Waals surface area contributed by atoms with E-state index >= 15 is 0 Å². The van der Waals surface area contributed by atoms with Crippen LogP contribution < -0.4 is 0 Å². The number of benzene rings is 1. The molecule has 0 N–H and O–H groups in total. The molecule has 1 aromatic carbocycles. The largest absolute Gasteiger partial charge is 0.320 e. The zero-order valence-corrected chi connectivity index (χ0v) is 20.8. The van der Waals surface area contributed by atoms with Gasteiger partial charge in [0.25, 0.3) is 10.0 Å². The molecular formula is C26H23N5O2S2. The molecule has 0 radical (unpaired) electrons. The van der Waals surface area contributed by atoms with Gasteiger partial charge < -0.3 is 4.57 Å². The highest BCUT2D eigenvalue weighted by Crippen LogP contribution is 2.41. The molecule has 0 saturated heterocycles. The molecule has 4 aromatic heterocycles. The number of imidazole rings is 1. The molecule has 0 unspecified atom stereocenters. The summed E-state index contributed by atoms with van der Waals surface area (Å²) >= 11 is 1.69. The molecule has 0 bridgehead atoms. The Hall–Kier alpha value is -3.48. The first-order valence-electron chi connectivity index (χ1n) is 11.6. The number of nitrogens with zero attached hydrogens (tertiary/aromatic N) is 5. The third-order valence-electron chi connectivity index (χ3n) is 6.83. The highest BCUT2D eigenvalue weighted by molar-refractivity contribution is 7.90. The molecule has 35 heavy (non-hydrogen) atoms. The summed E-state index contributed by atoms with van der Waals surface area (Å²) in [4.78, 5) is 12.0. The Morgan fingerprint density at radius 1 is 1.06 bits per heavy atom. The van der Waals surface area contributed by atoms with Crippen LogP contribution in [0.5, 0.6) is 0 Å². The van der Waals surface area contributed by atoms with Crippen molar-refractivity contribution in [3.05, 3.63) is 65.8 Å². The fourth-order valence-corrected chi connectivity index (χ4v) is 7.27. The first-order chi connectivity index (χ1) is 17.0. The average molecular weight is 502 g/mol. The van der Waals surface area contributed by atoms with Gasteiger partial charge in [-0.05, 0) is 62.9 Å². The van der Waals surface area contributed by atoms with Crippen molar-refractivity contribution in [2.45, 2.75) is 43.5 Å². The number of thiophene rings is 1. The standard InChI is InChI=1S/C26H23N5O2S2/c1-17-7-12-23(34-17)26-29-22-16-28-25-21(24(22)31(26)19-10-8-18(15-27)9-11-19)13-14-30(25)35(32,33)20-5-3-2-4-6-20/h2-7,12-14,16,18-19H,8-11H2,1H3. The van der Waals surface area contributed by atoms with Crippen molar-refractivity contribution in [3.63, 3.8) is 0 Å². The molecule has 0 atom stereocenters. The van der Waals surface area contributed by atoms with Crippen LogP contribution in [0.3, 0.4) is 0 Å². The number of pyridine rings is 1. The van der Waals surface area contributed by atoms with Gasteiger partial charge in [0.15, 0.2) is 11.5 Å². The van der Waals surface area contributed by atoms with Crippen LogP contribution in [0.25, 0.3) is 32.8 Å². The van der Waals surface area contributed by atoms with Crippen LogP contribution in [0.4, 0.5) is 0 Å². The minimum atomic E-state index is -3.79. The third kappa shape index (κ3) is 3.56. The number of aromatic nitrogens is 4. The molecule has 0 spiro atoms. The van der Waals surface area contributed by atoms with E-state index in [0.717, 1.165) is 52.8 Å². The zero-order chi connectivity index (χ0) is 24.2. The summed E-state index contributed by atoms with van der Waals surface area (Å²) in [5, 5.41) is 10.2. The van der Waals surface area contributed by atoms with Crippen molar-refractivity contribution in [2.24, 2.45) is 5.92 Å². The maximum Gasteiger partial charge on any atom is 0.269 e. The molecule has 9 heteroatoms. The van der Waals surface area contributed by atoms with Crippen molar-refractivity contribution in [1.29, 1.82) is 5.26 Å². The maximum absolute atomic E-state index is 13.4. The normalized spacial score (nSPS) is 18.7. The summed E-state index contributed by atoms with van der Waals surface area (Å²) in [6, 6.07) is 17.0. The summed E-state index contributed by atoms with van der Waals surface area (Å²) in [5.41, 5.74) is 2.04. The van der Waals surface area contributed by atoms with E-state index in [9.17, 15) is 13.7 Å². The van der Waals surface area contributed by atoms with Crippen LogP contribution in [0.15, 0.2) is 65.8 Å². The highest BCUT2D eigenvalue weighted by atomic mass is 32.2. The minimum Gasteiger partial charge on any atom is -0.320 e. The van der Waals surface area contributed by atoms with E-state index in [1.165, 1.54) is 8.85 Å². The van der Waals surface area contributed by atoms with Crippen molar-refractivity contribution in [3.8, 4) is 16.8 Å². The van der Waals surface area contributed by atoms with E-state index < -0.39 is 10.0 Å². The smallest absolute Gasteiger partial charge is 0.269 e. The molecule has 1 saturated carbocycles. The Bertz CT molecular complexity index is 1700. The SMILES string of the molecule is Cc1ccc(-c2nc3cnc4c(ccn4S(=O)(=O)c4ccccc4)c3n2C2CCC(C#N)CC2)s1. The number of hydrogen-bond donors (Lipinski definition) is 0. The molecule has 176 valence electrons. The van der Waals surface area contributed by atoms with Gasteiger partial charge >= 0.3 is 0 Å². The lowest BCUT2D eigenvalue weighted by atomic mass is 9.86. The predicted octanol–water partition coefficient (Wildman–Crippen LogP) is 5.91. The summed E-state index contributed by atoms with van der Waals surface area (Å²) < 4.78 is 30.3. The first-order valence-corrected chi connectivity index (χ1v) is 13.9.